The third-order valence-electron chi connectivity index (χ3n) is 4.14. The van der Waals surface area contributed by atoms with E-state index in [1.165, 1.54) is 25.7 Å². The molecule has 0 unspecified atom stereocenters. The summed E-state index contributed by atoms with van der Waals surface area (Å²) in [6, 6.07) is 7.61. The lowest BCUT2D eigenvalue weighted by molar-refractivity contribution is -0.117. The molecule has 0 atom stereocenters. The summed E-state index contributed by atoms with van der Waals surface area (Å²) in [7, 11) is 1.63. The van der Waals surface area contributed by atoms with Crippen molar-refractivity contribution >= 4 is 22.5 Å². The molecule has 2 aromatic rings. The molecule has 4 heteroatoms. The van der Waals surface area contributed by atoms with E-state index in [0.717, 1.165) is 22.3 Å². The lowest BCUT2D eigenvalue weighted by atomic mass is 10.0. The third-order valence-corrected chi connectivity index (χ3v) is 4.14. The minimum Gasteiger partial charge on any atom is -0.497 e. The van der Waals surface area contributed by atoms with Gasteiger partial charge in [-0.3, -0.25) is 9.78 Å². The summed E-state index contributed by atoms with van der Waals surface area (Å²) in [5.41, 5.74) is 1.53. The lowest BCUT2D eigenvalue weighted by Gasteiger charge is -2.12. The number of carbonyl (C=O) groups excluding carboxylic acids is 1. The van der Waals surface area contributed by atoms with Crippen molar-refractivity contribution in [3.05, 3.63) is 30.5 Å². The number of hydrogen-bond donors (Lipinski definition) is 1. The zero-order chi connectivity index (χ0) is 14.7. The third kappa shape index (κ3) is 3.15. The highest BCUT2D eigenvalue weighted by atomic mass is 16.5. The van der Waals surface area contributed by atoms with Gasteiger partial charge in [0.25, 0.3) is 0 Å². The number of pyridine rings is 1. The Bertz CT molecular complexity index is 648. The van der Waals surface area contributed by atoms with Crippen LogP contribution in [0.25, 0.3) is 10.9 Å². The number of nitrogens with zero attached hydrogens (tertiary/aromatic N) is 1. The van der Waals surface area contributed by atoms with Gasteiger partial charge in [-0.2, -0.15) is 0 Å². The summed E-state index contributed by atoms with van der Waals surface area (Å²) >= 11 is 0. The number of rotatable bonds is 4. The van der Waals surface area contributed by atoms with Gasteiger partial charge in [0.05, 0.1) is 18.3 Å². The highest BCUT2D eigenvalue weighted by Crippen LogP contribution is 2.30. The maximum Gasteiger partial charge on any atom is 0.224 e. The van der Waals surface area contributed by atoms with E-state index in [1.807, 2.05) is 24.3 Å². The lowest BCUT2D eigenvalue weighted by Crippen LogP contribution is -2.15. The molecule has 0 spiro atoms. The monoisotopic (exact) mass is 284 g/mol. The minimum atomic E-state index is 0.0714. The first-order valence-corrected chi connectivity index (χ1v) is 7.49. The van der Waals surface area contributed by atoms with Gasteiger partial charge in [0.1, 0.15) is 5.75 Å². The summed E-state index contributed by atoms with van der Waals surface area (Å²) in [6.07, 6.45) is 7.19. The molecular weight excluding hydrogens is 264 g/mol. The quantitative estimate of drug-likeness (QED) is 0.930. The molecule has 0 bridgehead atoms. The zero-order valence-corrected chi connectivity index (χ0v) is 12.3. The smallest absolute Gasteiger partial charge is 0.224 e. The van der Waals surface area contributed by atoms with Crippen molar-refractivity contribution in [2.45, 2.75) is 32.1 Å². The second-order valence-electron chi connectivity index (χ2n) is 5.65. The summed E-state index contributed by atoms with van der Waals surface area (Å²) in [5.74, 6) is 1.34. The van der Waals surface area contributed by atoms with E-state index in [0.29, 0.717) is 12.3 Å². The van der Waals surface area contributed by atoms with Gasteiger partial charge >= 0.3 is 0 Å². The SMILES string of the molecule is COc1cc(NC(=O)CC2CCCC2)c2ncccc2c1. The van der Waals surface area contributed by atoms with Crippen LogP contribution in [0.5, 0.6) is 5.75 Å². The van der Waals surface area contributed by atoms with Gasteiger partial charge in [0.15, 0.2) is 0 Å². The van der Waals surface area contributed by atoms with Gasteiger partial charge in [-0.15, -0.1) is 0 Å². The maximum atomic E-state index is 12.2. The second-order valence-corrected chi connectivity index (χ2v) is 5.65. The first kappa shape index (κ1) is 13.9. The summed E-state index contributed by atoms with van der Waals surface area (Å²) in [5, 5.41) is 3.97. The van der Waals surface area contributed by atoms with Crippen LogP contribution in [0.3, 0.4) is 0 Å². The van der Waals surface area contributed by atoms with E-state index in [9.17, 15) is 4.79 Å². The Labute approximate surface area is 124 Å². The van der Waals surface area contributed by atoms with Crippen LogP contribution in [0.1, 0.15) is 32.1 Å². The van der Waals surface area contributed by atoms with Gasteiger partial charge in [-0.05, 0) is 30.9 Å². The maximum absolute atomic E-state index is 12.2. The molecule has 0 saturated heterocycles. The van der Waals surface area contributed by atoms with Gasteiger partial charge in [0, 0.05) is 24.1 Å². The van der Waals surface area contributed by atoms with Crippen molar-refractivity contribution < 1.29 is 9.53 Å². The Morgan fingerprint density at radius 3 is 2.95 bits per heavy atom. The first-order valence-electron chi connectivity index (χ1n) is 7.49. The normalized spacial score (nSPS) is 15.3. The van der Waals surface area contributed by atoms with Gasteiger partial charge in [-0.25, -0.2) is 0 Å². The van der Waals surface area contributed by atoms with Crippen molar-refractivity contribution in [3.63, 3.8) is 0 Å². The molecule has 110 valence electrons. The highest BCUT2D eigenvalue weighted by molar-refractivity contribution is 6.01. The zero-order valence-electron chi connectivity index (χ0n) is 12.3. The molecule has 21 heavy (non-hydrogen) atoms. The van der Waals surface area contributed by atoms with Crippen LogP contribution in [0.2, 0.25) is 0 Å². The number of hydrogen-bond acceptors (Lipinski definition) is 3. The van der Waals surface area contributed by atoms with Crippen molar-refractivity contribution in [1.82, 2.24) is 4.98 Å². The molecule has 1 aromatic carbocycles. The topological polar surface area (TPSA) is 51.2 Å². The largest absolute Gasteiger partial charge is 0.497 e. The van der Waals surface area contributed by atoms with E-state index < -0.39 is 0 Å². The van der Waals surface area contributed by atoms with Gasteiger partial charge in [-0.1, -0.05) is 18.9 Å². The number of amides is 1. The fraction of sp³-hybridized carbons (Fsp3) is 0.412. The summed E-state index contributed by atoms with van der Waals surface area (Å²) < 4.78 is 5.30. The van der Waals surface area contributed by atoms with Gasteiger partial charge < -0.3 is 10.1 Å². The molecule has 1 heterocycles. The number of nitrogens with one attached hydrogen (secondary N) is 1. The predicted octanol–water partition coefficient (Wildman–Crippen LogP) is 3.76. The number of carbonyl (C=O) groups is 1. The van der Waals surface area contributed by atoms with Crippen LogP contribution in [0.4, 0.5) is 5.69 Å². The molecule has 1 aliphatic carbocycles. The summed E-state index contributed by atoms with van der Waals surface area (Å²) in [6.45, 7) is 0. The number of anilines is 1. The van der Waals surface area contributed by atoms with E-state index in [4.69, 9.17) is 4.74 Å². The average Bonchev–Trinajstić information content (AvgIpc) is 2.99. The molecule has 1 aromatic heterocycles. The van der Waals surface area contributed by atoms with Crippen molar-refractivity contribution in [3.8, 4) is 5.75 Å². The molecule has 3 rings (SSSR count). The molecule has 0 aliphatic heterocycles. The number of methoxy groups -OCH3 is 1. The Kier molecular flexibility index (Phi) is 4.04. The van der Waals surface area contributed by atoms with Crippen LogP contribution < -0.4 is 10.1 Å². The van der Waals surface area contributed by atoms with Crippen molar-refractivity contribution in [2.75, 3.05) is 12.4 Å². The number of fused-ring (bicyclic) bond motifs is 1. The Morgan fingerprint density at radius 2 is 2.19 bits per heavy atom. The van der Waals surface area contributed by atoms with Crippen LogP contribution in [-0.4, -0.2) is 18.0 Å². The van der Waals surface area contributed by atoms with E-state index in [1.54, 1.807) is 13.3 Å². The van der Waals surface area contributed by atoms with Crippen molar-refractivity contribution in [1.29, 1.82) is 0 Å². The average molecular weight is 284 g/mol. The molecular formula is C17H20N2O2. The highest BCUT2D eigenvalue weighted by Gasteiger charge is 2.19. The van der Waals surface area contributed by atoms with E-state index in [2.05, 4.69) is 10.3 Å². The standard InChI is InChI=1S/C17H20N2O2/c1-21-14-10-13-7-4-8-18-17(13)15(11-14)19-16(20)9-12-5-2-3-6-12/h4,7-8,10-12H,2-3,5-6,9H2,1H3,(H,19,20). The van der Waals surface area contributed by atoms with E-state index in [-0.39, 0.29) is 5.91 Å². The Balaban J connectivity index is 1.83. The van der Waals surface area contributed by atoms with Crippen LogP contribution in [0, 0.1) is 5.92 Å². The molecule has 1 amide bonds. The summed E-state index contributed by atoms with van der Waals surface area (Å²) in [4.78, 5) is 16.6. The molecule has 1 saturated carbocycles. The van der Waals surface area contributed by atoms with Crippen molar-refractivity contribution in [2.24, 2.45) is 5.92 Å². The fourth-order valence-corrected chi connectivity index (χ4v) is 3.06. The Hall–Kier alpha value is -2.10. The van der Waals surface area contributed by atoms with E-state index >= 15 is 0 Å². The van der Waals surface area contributed by atoms with Crippen LogP contribution >= 0.6 is 0 Å². The Morgan fingerprint density at radius 1 is 1.38 bits per heavy atom. The predicted molar refractivity (Wildman–Crippen MR) is 83.5 cm³/mol. The molecule has 0 radical (unpaired) electrons. The fourth-order valence-electron chi connectivity index (χ4n) is 3.06. The van der Waals surface area contributed by atoms with Gasteiger partial charge in [0.2, 0.25) is 5.91 Å². The molecule has 1 N–H and O–H groups in total. The van der Waals surface area contributed by atoms with Crippen LogP contribution in [0.15, 0.2) is 30.5 Å². The van der Waals surface area contributed by atoms with Crippen LogP contribution in [-0.2, 0) is 4.79 Å². The number of ether oxygens (including phenoxy) is 1. The first-order chi connectivity index (χ1) is 10.3. The number of benzene rings is 1. The minimum absolute atomic E-state index is 0.0714. The molecule has 4 nitrogen and oxygen atoms in total. The second kappa shape index (κ2) is 6.12. The number of aromatic nitrogens is 1. The molecule has 1 fully saturated rings. The molecule has 1 aliphatic rings.